The normalized spacial score (nSPS) is 19.4. The summed E-state index contributed by atoms with van der Waals surface area (Å²) in [6.07, 6.45) is -1.40. The van der Waals surface area contributed by atoms with Gasteiger partial charge in [0.25, 0.3) is 0 Å². The molecule has 5 aromatic rings. The molecule has 2 aromatic heterocycles. The third-order valence-electron chi connectivity index (χ3n) is 6.97. The van der Waals surface area contributed by atoms with Crippen LogP contribution in [0.1, 0.15) is 37.3 Å². The molecule has 10 nitrogen and oxygen atoms in total. The number of carbonyl (C=O) groups is 3. The molecule has 1 aliphatic heterocycles. The highest BCUT2D eigenvalue weighted by molar-refractivity contribution is 14.1. The molecule has 0 amide bonds. The monoisotopic (exact) mass is 723 g/mol. The molecule has 6 rings (SSSR count). The lowest BCUT2D eigenvalue weighted by Crippen LogP contribution is -2.41. The first-order valence-electron chi connectivity index (χ1n) is 13.5. The van der Waals surface area contributed by atoms with E-state index in [-0.39, 0.29) is 22.9 Å². The van der Waals surface area contributed by atoms with Crippen LogP contribution in [0.15, 0.2) is 104 Å². The van der Waals surface area contributed by atoms with Crippen molar-refractivity contribution in [3.05, 3.63) is 129 Å². The van der Waals surface area contributed by atoms with Crippen LogP contribution in [0, 0.1) is 3.57 Å². The van der Waals surface area contributed by atoms with Crippen LogP contribution in [0.5, 0.6) is 0 Å². The minimum Gasteiger partial charge on any atom is -0.459 e. The highest BCUT2D eigenvalue weighted by Crippen LogP contribution is 2.39. The van der Waals surface area contributed by atoms with E-state index in [1.54, 1.807) is 102 Å². The molecule has 1 saturated heterocycles. The molecule has 0 aliphatic carbocycles. The Morgan fingerprint density at radius 1 is 0.773 bits per heavy atom. The van der Waals surface area contributed by atoms with Crippen LogP contribution in [-0.2, 0) is 18.9 Å². The topological polar surface area (TPSA) is 119 Å². The number of rotatable bonds is 8. The molecular formula is C32H23ClIN3O7. The number of fused-ring (bicyclic) bond motifs is 1. The number of ether oxygens (including phenoxy) is 4. The number of halogens is 2. The molecule has 3 heterocycles. The van der Waals surface area contributed by atoms with Gasteiger partial charge in [-0.25, -0.2) is 24.4 Å². The minimum atomic E-state index is -1.18. The Hall–Kier alpha value is -4.33. The zero-order valence-electron chi connectivity index (χ0n) is 22.8. The summed E-state index contributed by atoms with van der Waals surface area (Å²) in [5, 5.41) is 0.803. The summed E-state index contributed by atoms with van der Waals surface area (Å²) in [6.45, 7) is -0.303. The van der Waals surface area contributed by atoms with Crippen LogP contribution in [0.3, 0.4) is 0 Å². The standard InChI is InChI=1S/C32H23ClIN3O7/c33-27-24-22(34)16-37(28(24)36-18-35-27)29-26(44-32(40)21-14-8-3-9-15-21)25(43-31(39)20-12-6-2-7-13-20)23(42-29)17-41-30(38)19-10-4-1-5-11-19/h1-16,18,23,25-26,29H,17H2/t23-,25+,26?,29-/m1/s1. The summed E-state index contributed by atoms with van der Waals surface area (Å²) in [5.74, 6) is -1.92. The van der Waals surface area contributed by atoms with Gasteiger partial charge in [0.1, 0.15) is 29.8 Å². The van der Waals surface area contributed by atoms with Gasteiger partial charge in [-0.2, -0.15) is 0 Å². The predicted molar refractivity (Wildman–Crippen MR) is 167 cm³/mol. The van der Waals surface area contributed by atoms with E-state index in [1.165, 1.54) is 6.33 Å². The molecule has 1 aliphatic rings. The summed E-state index contributed by atoms with van der Waals surface area (Å²) in [4.78, 5) is 48.1. The smallest absolute Gasteiger partial charge is 0.338 e. The Labute approximate surface area is 270 Å². The largest absolute Gasteiger partial charge is 0.459 e. The Kier molecular flexibility index (Phi) is 8.87. The van der Waals surface area contributed by atoms with Crippen LogP contribution in [0.4, 0.5) is 0 Å². The molecule has 222 valence electrons. The first-order chi connectivity index (χ1) is 21.4. The van der Waals surface area contributed by atoms with Gasteiger partial charge >= 0.3 is 17.9 Å². The van der Waals surface area contributed by atoms with Crippen molar-refractivity contribution in [2.45, 2.75) is 24.5 Å². The summed E-state index contributed by atoms with van der Waals surface area (Å²) >= 11 is 8.50. The second-order valence-corrected chi connectivity index (χ2v) is 11.3. The number of hydrogen-bond acceptors (Lipinski definition) is 9. The van der Waals surface area contributed by atoms with Crippen molar-refractivity contribution in [1.29, 1.82) is 0 Å². The van der Waals surface area contributed by atoms with E-state index in [4.69, 9.17) is 30.5 Å². The maximum atomic E-state index is 13.4. The summed E-state index contributed by atoms with van der Waals surface area (Å²) in [6, 6.07) is 25.2. The van der Waals surface area contributed by atoms with Gasteiger partial charge < -0.3 is 23.5 Å². The van der Waals surface area contributed by atoms with Crippen LogP contribution in [-0.4, -0.2) is 57.4 Å². The van der Waals surface area contributed by atoms with Gasteiger partial charge in [-0.1, -0.05) is 66.2 Å². The van der Waals surface area contributed by atoms with Crippen LogP contribution < -0.4 is 0 Å². The highest BCUT2D eigenvalue weighted by Gasteiger charge is 2.52. The van der Waals surface area contributed by atoms with E-state index in [9.17, 15) is 14.4 Å². The predicted octanol–water partition coefficient (Wildman–Crippen LogP) is 5.89. The SMILES string of the molecule is O=C(OC[C@H]1O[C@@H](n2cc(I)c3c(Cl)ncnc32)C(OC(=O)c2ccccc2)[C@H]1OC(=O)c1ccccc1)c1ccccc1. The summed E-state index contributed by atoms with van der Waals surface area (Å²) in [5.41, 5.74) is 1.32. The van der Waals surface area contributed by atoms with E-state index in [0.29, 0.717) is 16.6 Å². The fraction of sp³-hybridized carbons (Fsp3) is 0.156. The average Bonchev–Trinajstić information content (AvgIpc) is 3.57. The van der Waals surface area contributed by atoms with Gasteiger partial charge in [-0.15, -0.1) is 0 Å². The molecule has 4 atom stereocenters. The number of aromatic nitrogens is 3. The molecule has 0 radical (unpaired) electrons. The van der Waals surface area contributed by atoms with Crippen LogP contribution >= 0.6 is 34.2 Å². The van der Waals surface area contributed by atoms with Crippen molar-refractivity contribution < 1.29 is 33.3 Å². The van der Waals surface area contributed by atoms with E-state index < -0.39 is 42.4 Å². The zero-order chi connectivity index (χ0) is 30.6. The summed E-state index contributed by atoms with van der Waals surface area (Å²) < 4.78 is 26.4. The molecule has 0 bridgehead atoms. The highest BCUT2D eigenvalue weighted by atomic mass is 127. The van der Waals surface area contributed by atoms with Gasteiger partial charge in [-0.05, 0) is 59.0 Å². The Morgan fingerprint density at radius 2 is 1.30 bits per heavy atom. The molecule has 1 fully saturated rings. The number of nitrogens with zero attached hydrogens (tertiary/aromatic N) is 3. The quantitative estimate of drug-likeness (QED) is 0.0836. The van der Waals surface area contributed by atoms with Crippen molar-refractivity contribution >= 4 is 63.1 Å². The van der Waals surface area contributed by atoms with Crippen molar-refractivity contribution in [1.82, 2.24) is 14.5 Å². The lowest BCUT2D eigenvalue weighted by Gasteiger charge is -2.25. The molecule has 3 aromatic carbocycles. The maximum Gasteiger partial charge on any atom is 0.338 e. The molecule has 44 heavy (non-hydrogen) atoms. The van der Waals surface area contributed by atoms with Gasteiger partial charge in [-0.3, -0.25) is 0 Å². The fourth-order valence-electron chi connectivity index (χ4n) is 4.88. The van der Waals surface area contributed by atoms with Gasteiger partial charge in [0.05, 0.1) is 22.1 Å². The van der Waals surface area contributed by atoms with Crippen LogP contribution in [0.2, 0.25) is 5.15 Å². The average molecular weight is 724 g/mol. The van der Waals surface area contributed by atoms with Crippen molar-refractivity contribution in [3.8, 4) is 0 Å². The van der Waals surface area contributed by atoms with E-state index in [1.807, 2.05) is 0 Å². The lowest BCUT2D eigenvalue weighted by molar-refractivity contribution is -0.0604. The Bertz CT molecular complexity index is 1800. The van der Waals surface area contributed by atoms with Gasteiger partial charge in [0, 0.05) is 9.77 Å². The first-order valence-corrected chi connectivity index (χ1v) is 14.9. The zero-order valence-corrected chi connectivity index (χ0v) is 25.7. The van der Waals surface area contributed by atoms with Crippen LogP contribution in [0.25, 0.3) is 11.0 Å². The number of esters is 3. The molecule has 0 saturated carbocycles. The summed E-state index contributed by atoms with van der Waals surface area (Å²) in [7, 11) is 0. The second-order valence-electron chi connectivity index (χ2n) is 9.75. The first kappa shape index (κ1) is 29.7. The molecule has 1 unspecified atom stereocenters. The van der Waals surface area contributed by atoms with Gasteiger partial charge in [0.2, 0.25) is 0 Å². The molecule has 0 N–H and O–H groups in total. The Balaban J connectivity index is 1.39. The fourth-order valence-corrected chi connectivity index (χ4v) is 6.07. The maximum absolute atomic E-state index is 13.4. The number of carbonyl (C=O) groups excluding carboxylic acids is 3. The van der Waals surface area contributed by atoms with Crippen molar-refractivity contribution in [3.63, 3.8) is 0 Å². The molecule has 12 heteroatoms. The third kappa shape index (κ3) is 6.16. The van der Waals surface area contributed by atoms with Crippen molar-refractivity contribution in [2.24, 2.45) is 0 Å². The van der Waals surface area contributed by atoms with Crippen molar-refractivity contribution in [2.75, 3.05) is 6.61 Å². The van der Waals surface area contributed by atoms with E-state index in [2.05, 4.69) is 32.6 Å². The Morgan fingerprint density at radius 3 is 1.86 bits per heavy atom. The molecule has 0 spiro atoms. The second kappa shape index (κ2) is 13.1. The lowest BCUT2D eigenvalue weighted by atomic mass is 10.1. The van der Waals surface area contributed by atoms with E-state index in [0.717, 1.165) is 3.57 Å². The minimum absolute atomic E-state index is 0.231. The number of benzene rings is 3. The third-order valence-corrected chi connectivity index (χ3v) is 8.07. The van der Waals surface area contributed by atoms with Gasteiger partial charge in [0.15, 0.2) is 18.4 Å². The molecular weight excluding hydrogens is 701 g/mol. The number of hydrogen-bond donors (Lipinski definition) is 0. The van der Waals surface area contributed by atoms with E-state index >= 15 is 0 Å².